The van der Waals surface area contributed by atoms with Gasteiger partial charge in [-0.05, 0) is 23.5 Å². The van der Waals surface area contributed by atoms with E-state index in [4.69, 9.17) is 0 Å². The van der Waals surface area contributed by atoms with E-state index in [0.717, 1.165) is 6.42 Å². The number of carbonyl (C=O) groups excluding carboxylic acids is 1. The summed E-state index contributed by atoms with van der Waals surface area (Å²) in [6.07, 6.45) is 4.65. The Morgan fingerprint density at radius 2 is 1.60 bits per heavy atom. The average molecular weight is 209 g/mol. The zero-order chi connectivity index (χ0) is 11.9. The van der Waals surface area contributed by atoms with Crippen molar-refractivity contribution in [1.29, 1.82) is 0 Å². The van der Waals surface area contributed by atoms with Gasteiger partial charge in [0.15, 0.2) is 0 Å². The second-order valence-corrected chi connectivity index (χ2v) is 6.49. The van der Waals surface area contributed by atoms with Crippen molar-refractivity contribution in [3.63, 3.8) is 0 Å². The van der Waals surface area contributed by atoms with Crippen LogP contribution in [0, 0.1) is 16.2 Å². The van der Waals surface area contributed by atoms with Crippen LogP contribution in [0.3, 0.4) is 0 Å². The summed E-state index contributed by atoms with van der Waals surface area (Å²) in [5, 5.41) is 2.87. The molecular weight excluding hydrogens is 186 g/mol. The molecule has 0 aromatic heterocycles. The highest BCUT2D eigenvalue weighted by Gasteiger charge is 2.55. The van der Waals surface area contributed by atoms with Gasteiger partial charge in [0.1, 0.15) is 0 Å². The standard InChI is InChI=1S/C13H23NO/c1-11(2,3)13(12(4,5)6)8-7-9-14-10(13)15/h7,9H,8H2,1-6H3,(H,14,15). The third-order valence-electron chi connectivity index (χ3n) is 3.70. The number of carbonyl (C=O) groups is 1. The summed E-state index contributed by atoms with van der Waals surface area (Å²) in [5.74, 6) is 0.157. The third-order valence-corrected chi connectivity index (χ3v) is 3.70. The predicted octanol–water partition coefficient (Wildman–Crippen LogP) is 3.10. The van der Waals surface area contributed by atoms with Gasteiger partial charge in [-0.25, -0.2) is 0 Å². The molecule has 0 aromatic rings. The number of allylic oxidation sites excluding steroid dienone is 1. The normalized spacial score (nSPS) is 21.3. The van der Waals surface area contributed by atoms with Crippen molar-refractivity contribution in [2.45, 2.75) is 48.0 Å². The molecule has 0 fully saturated rings. The minimum atomic E-state index is -0.325. The Kier molecular flexibility index (Phi) is 2.75. The lowest BCUT2D eigenvalue weighted by molar-refractivity contribution is -0.148. The molecule has 1 amide bonds. The minimum absolute atomic E-state index is 0.0416. The van der Waals surface area contributed by atoms with Gasteiger partial charge in [-0.2, -0.15) is 0 Å². The number of nitrogens with one attached hydrogen (secondary N) is 1. The molecular formula is C13H23NO. The fourth-order valence-electron chi connectivity index (χ4n) is 3.00. The van der Waals surface area contributed by atoms with E-state index in [1.807, 2.05) is 0 Å². The van der Waals surface area contributed by atoms with Gasteiger partial charge in [0.25, 0.3) is 0 Å². The molecule has 0 bridgehead atoms. The molecule has 0 radical (unpaired) electrons. The van der Waals surface area contributed by atoms with Gasteiger partial charge in [0.2, 0.25) is 5.91 Å². The van der Waals surface area contributed by atoms with E-state index in [9.17, 15) is 4.79 Å². The first-order valence-electron chi connectivity index (χ1n) is 5.59. The Morgan fingerprint density at radius 3 is 1.87 bits per heavy atom. The monoisotopic (exact) mass is 209 g/mol. The summed E-state index contributed by atoms with van der Waals surface area (Å²) in [6.45, 7) is 12.9. The first kappa shape index (κ1) is 12.3. The van der Waals surface area contributed by atoms with E-state index < -0.39 is 0 Å². The van der Waals surface area contributed by atoms with Crippen LogP contribution in [0.5, 0.6) is 0 Å². The summed E-state index contributed by atoms with van der Waals surface area (Å²) in [5.41, 5.74) is -0.408. The minimum Gasteiger partial charge on any atom is -0.332 e. The van der Waals surface area contributed by atoms with E-state index in [1.54, 1.807) is 6.20 Å². The molecule has 0 aromatic carbocycles. The maximum absolute atomic E-state index is 12.2. The summed E-state index contributed by atoms with van der Waals surface area (Å²) < 4.78 is 0. The van der Waals surface area contributed by atoms with Crippen LogP contribution in [-0.2, 0) is 4.79 Å². The van der Waals surface area contributed by atoms with Crippen molar-refractivity contribution >= 4 is 5.91 Å². The molecule has 0 saturated heterocycles. The van der Waals surface area contributed by atoms with E-state index in [1.165, 1.54) is 0 Å². The highest BCUT2D eigenvalue weighted by molar-refractivity contribution is 5.86. The molecule has 86 valence electrons. The first-order valence-corrected chi connectivity index (χ1v) is 5.59. The van der Waals surface area contributed by atoms with Crippen molar-refractivity contribution in [2.75, 3.05) is 0 Å². The molecule has 0 atom stereocenters. The van der Waals surface area contributed by atoms with Crippen molar-refractivity contribution in [3.8, 4) is 0 Å². The van der Waals surface area contributed by atoms with Gasteiger partial charge in [-0.15, -0.1) is 0 Å². The topological polar surface area (TPSA) is 29.1 Å². The Bertz CT molecular complexity index is 275. The second-order valence-electron chi connectivity index (χ2n) is 6.49. The lowest BCUT2D eigenvalue weighted by Crippen LogP contribution is -2.56. The van der Waals surface area contributed by atoms with Crippen LogP contribution in [0.1, 0.15) is 48.0 Å². The van der Waals surface area contributed by atoms with Crippen molar-refractivity contribution in [3.05, 3.63) is 12.3 Å². The molecule has 1 aliphatic rings. The Labute approximate surface area is 93.1 Å². The van der Waals surface area contributed by atoms with Crippen LogP contribution in [0.2, 0.25) is 0 Å². The van der Waals surface area contributed by atoms with Crippen LogP contribution < -0.4 is 5.32 Å². The number of rotatable bonds is 0. The Balaban J connectivity index is 3.31. The summed E-state index contributed by atoms with van der Waals surface area (Å²) >= 11 is 0. The van der Waals surface area contributed by atoms with Crippen LogP contribution in [0.4, 0.5) is 0 Å². The van der Waals surface area contributed by atoms with Crippen LogP contribution in [0.15, 0.2) is 12.3 Å². The molecule has 2 heteroatoms. The molecule has 2 nitrogen and oxygen atoms in total. The molecule has 0 spiro atoms. The Morgan fingerprint density at radius 1 is 1.13 bits per heavy atom. The molecule has 15 heavy (non-hydrogen) atoms. The van der Waals surface area contributed by atoms with Gasteiger partial charge in [-0.3, -0.25) is 4.79 Å². The van der Waals surface area contributed by atoms with E-state index in [2.05, 4.69) is 52.9 Å². The number of hydrogen-bond acceptors (Lipinski definition) is 1. The zero-order valence-electron chi connectivity index (χ0n) is 10.8. The lowest BCUT2D eigenvalue weighted by atomic mass is 9.51. The molecule has 1 N–H and O–H groups in total. The molecule has 1 rings (SSSR count). The van der Waals surface area contributed by atoms with Crippen LogP contribution in [-0.4, -0.2) is 5.91 Å². The zero-order valence-corrected chi connectivity index (χ0v) is 10.8. The quantitative estimate of drug-likeness (QED) is 0.652. The maximum Gasteiger partial charge on any atom is 0.231 e. The molecule has 0 saturated carbocycles. The second kappa shape index (κ2) is 3.36. The maximum atomic E-state index is 12.2. The van der Waals surface area contributed by atoms with Gasteiger partial charge in [-0.1, -0.05) is 47.6 Å². The summed E-state index contributed by atoms with van der Waals surface area (Å²) in [7, 11) is 0. The van der Waals surface area contributed by atoms with Crippen molar-refractivity contribution < 1.29 is 4.79 Å². The van der Waals surface area contributed by atoms with E-state index in [0.29, 0.717) is 0 Å². The Hall–Kier alpha value is -0.790. The van der Waals surface area contributed by atoms with Crippen LogP contribution >= 0.6 is 0 Å². The molecule has 0 aliphatic carbocycles. The van der Waals surface area contributed by atoms with Gasteiger partial charge < -0.3 is 5.32 Å². The molecule has 1 heterocycles. The summed E-state index contributed by atoms with van der Waals surface area (Å²) in [4.78, 5) is 12.2. The fraction of sp³-hybridized carbons (Fsp3) is 0.769. The first-order chi connectivity index (χ1) is 6.63. The number of hydrogen-bond donors (Lipinski definition) is 1. The van der Waals surface area contributed by atoms with E-state index in [-0.39, 0.29) is 22.2 Å². The summed E-state index contributed by atoms with van der Waals surface area (Å²) in [6, 6.07) is 0. The van der Waals surface area contributed by atoms with Gasteiger partial charge in [0, 0.05) is 0 Å². The van der Waals surface area contributed by atoms with E-state index >= 15 is 0 Å². The van der Waals surface area contributed by atoms with Gasteiger partial charge in [0.05, 0.1) is 5.41 Å². The SMILES string of the molecule is CC(C)(C)C1(C(C)(C)C)CC=CNC1=O. The highest BCUT2D eigenvalue weighted by Crippen LogP contribution is 2.55. The largest absolute Gasteiger partial charge is 0.332 e. The highest BCUT2D eigenvalue weighted by atomic mass is 16.2. The van der Waals surface area contributed by atoms with Crippen molar-refractivity contribution in [1.82, 2.24) is 5.32 Å². The van der Waals surface area contributed by atoms with Crippen molar-refractivity contribution in [2.24, 2.45) is 16.2 Å². The van der Waals surface area contributed by atoms with Gasteiger partial charge >= 0.3 is 0 Å². The van der Waals surface area contributed by atoms with Crippen LogP contribution in [0.25, 0.3) is 0 Å². The molecule has 1 aliphatic heterocycles. The predicted molar refractivity (Wildman–Crippen MR) is 63.2 cm³/mol. The fourth-order valence-corrected chi connectivity index (χ4v) is 3.00. The smallest absolute Gasteiger partial charge is 0.231 e. The lowest BCUT2D eigenvalue weighted by Gasteiger charge is -2.52. The number of amides is 1. The third kappa shape index (κ3) is 1.70. The molecule has 0 unspecified atom stereocenters. The average Bonchev–Trinajstić information content (AvgIpc) is 2.00.